The predicted molar refractivity (Wildman–Crippen MR) is 122 cm³/mol. The molecule has 0 radical (unpaired) electrons. The lowest BCUT2D eigenvalue weighted by atomic mass is 10.2. The maximum atomic E-state index is 12.9. The summed E-state index contributed by atoms with van der Waals surface area (Å²) >= 11 is 0. The van der Waals surface area contributed by atoms with E-state index >= 15 is 0 Å². The average Bonchev–Trinajstić information content (AvgIpc) is 3.12. The number of hydrogen-bond acceptors (Lipinski definition) is 4. The molecule has 0 spiro atoms. The minimum absolute atomic E-state index is 0. The third-order valence-corrected chi connectivity index (χ3v) is 4.07. The van der Waals surface area contributed by atoms with Crippen LogP contribution in [0.25, 0.3) is 0 Å². The molecule has 2 aromatic rings. The van der Waals surface area contributed by atoms with Crippen molar-refractivity contribution in [3.8, 4) is 5.75 Å². The molecule has 0 aliphatic heterocycles. The second-order valence-electron chi connectivity index (χ2n) is 6.24. The highest BCUT2D eigenvalue weighted by atomic mass is 127. The van der Waals surface area contributed by atoms with Gasteiger partial charge in [0.25, 0.3) is 5.91 Å². The molecule has 0 saturated carbocycles. The summed E-state index contributed by atoms with van der Waals surface area (Å²) in [6.45, 7) is 4.08. The van der Waals surface area contributed by atoms with Gasteiger partial charge in [0.2, 0.25) is 0 Å². The summed E-state index contributed by atoms with van der Waals surface area (Å²) in [5.74, 6) is 1.22. The molecule has 9 heteroatoms. The topological polar surface area (TPSA) is 79.1 Å². The first-order chi connectivity index (χ1) is 13.5. The van der Waals surface area contributed by atoms with Gasteiger partial charge in [-0.3, -0.25) is 9.79 Å². The number of nitrogens with zero attached hydrogens (tertiary/aromatic N) is 2. The van der Waals surface area contributed by atoms with Crippen LogP contribution in [0.3, 0.4) is 0 Å². The zero-order valence-corrected chi connectivity index (χ0v) is 19.2. The molecule has 0 unspecified atom stereocenters. The third kappa shape index (κ3) is 8.30. The Labute approximate surface area is 187 Å². The summed E-state index contributed by atoms with van der Waals surface area (Å²) in [5, 5.41) is 6.07. The molecular formula is C20H28FIN4O3. The van der Waals surface area contributed by atoms with Crippen LogP contribution in [0.1, 0.15) is 22.5 Å². The van der Waals surface area contributed by atoms with Gasteiger partial charge < -0.3 is 24.7 Å². The van der Waals surface area contributed by atoms with Crippen molar-refractivity contribution in [2.24, 2.45) is 4.99 Å². The molecule has 0 fully saturated rings. The molecular weight excluding hydrogens is 490 g/mol. The summed E-state index contributed by atoms with van der Waals surface area (Å²) in [6.07, 6.45) is 2.25. The lowest BCUT2D eigenvalue weighted by Gasteiger charge is -2.22. The molecule has 0 saturated heterocycles. The first kappa shape index (κ1) is 24.7. The van der Waals surface area contributed by atoms with Crippen molar-refractivity contribution < 1.29 is 18.3 Å². The largest absolute Gasteiger partial charge is 0.492 e. The summed E-state index contributed by atoms with van der Waals surface area (Å²) in [7, 11) is 3.62. The predicted octanol–water partition coefficient (Wildman–Crippen LogP) is 3.05. The molecule has 1 aromatic heterocycles. The van der Waals surface area contributed by atoms with Crippen LogP contribution >= 0.6 is 24.0 Å². The highest BCUT2D eigenvalue weighted by Crippen LogP contribution is 2.10. The Bertz CT molecular complexity index is 780. The number of amides is 1. The van der Waals surface area contributed by atoms with Crippen LogP contribution in [0.2, 0.25) is 0 Å². The van der Waals surface area contributed by atoms with Gasteiger partial charge in [-0.15, -0.1) is 24.0 Å². The molecule has 160 valence electrons. The molecule has 2 N–H and O–H groups in total. The van der Waals surface area contributed by atoms with Crippen molar-refractivity contribution in [1.29, 1.82) is 0 Å². The van der Waals surface area contributed by atoms with Crippen molar-refractivity contribution in [2.45, 2.75) is 13.3 Å². The number of guanidine groups is 1. The SMILES string of the molecule is CN=C(NCCCNC(=O)c1occc1C)N(C)CCOc1ccc(F)cc1.I. The number of carbonyl (C=O) groups excluding carboxylic acids is 1. The number of nitrogens with one attached hydrogen (secondary N) is 2. The Morgan fingerprint density at radius 3 is 2.52 bits per heavy atom. The number of ether oxygens (including phenoxy) is 1. The van der Waals surface area contributed by atoms with Crippen LogP contribution in [-0.4, -0.2) is 57.1 Å². The van der Waals surface area contributed by atoms with E-state index in [-0.39, 0.29) is 35.7 Å². The summed E-state index contributed by atoms with van der Waals surface area (Å²) in [4.78, 5) is 18.1. The van der Waals surface area contributed by atoms with E-state index in [2.05, 4.69) is 15.6 Å². The van der Waals surface area contributed by atoms with Gasteiger partial charge in [-0.2, -0.15) is 0 Å². The summed E-state index contributed by atoms with van der Waals surface area (Å²) < 4.78 is 23.6. The lowest BCUT2D eigenvalue weighted by Crippen LogP contribution is -2.41. The second-order valence-corrected chi connectivity index (χ2v) is 6.24. The van der Waals surface area contributed by atoms with Crippen LogP contribution in [0.5, 0.6) is 5.75 Å². The van der Waals surface area contributed by atoms with Gasteiger partial charge >= 0.3 is 0 Å². The van der Waals surface area contributed by atoms with Crippen molar-refractivity contribution in [1.82, 2.24) is 15.5 Å². The van der Waals surface area contributed by atoms with Gasteiger partial charge in [-0.1, -0.05) is 0 Å². The van der Waals surface area contributed by atoms with Gasteiger partial charge in [-0.05, 0) is 43.7 Å². The van der Waals surface area contributed by atoms with Crippen LogP contribution < -0.4 is 15.4 Å². The molecule has 1 amide bonds. The Morgan fingerprint density at radius 1 is 1.21 bits per heavy atom. The fourth-order valence-corrected chi connectivity index (χ4v) is 2.50. The summed E-state index contributed by atoms with van der Waals surface area (Å²) in [5.41, 5.74) is 0.820. The van der Waals surface area contributed by atoms with E-state index in [9.17, 15) is 9.18 Å². The second kappa shape index (κ2) is 13.0. The Hall–Kier alpha value is -2.30. The molecule has 0 aliphatic rings. The zero-order chi connectivity index (χ0) is 20.4. The van der Waals surface area contributed by atoms with E-state index in [0.29, 0.717) is 37.8 Å². The van der Waals surface area contributed by atoms with Crippen LogP contribution in [0.15, 0.2) is 46.0 Å². The van der Waals surface area contributed by atoms with Gasteiger partial charge in [0.15, 0.2) is 11.7 Å². The lowest BCUT2D eigenvalue weighted by molar-refractivity contribution is 0.0925. The standard InChI is InChI=1S/C20H27FN4O3.HI/c1-15-9-13-28-18(15)19(26)23-10-4-11-24-20(22-2)25(3)12-14-27-17-7-5-16(21)6-8-17;/h5-9,13H,4,10-12,14H2,1-3H3,(H,22,24)(H,23,26);1H. The van der Waals surface area contributed by atoms with E-state index in [1.165, 1.54) is 18.4 Å². The minimum Gasteiger partial charge on any atom is -0.492 e. The number of rotatable bonds is 9. The number of benzene rings is 1. The molecule has 2 rings (SSSR count). The Balaban J connectivity index is 0.00000420. The van der Waals surface area contributed by atoms with E-state index in [4.69, 9.17) is 9.15 Å². The number of likely N-dealkylation sites (N-methyl/N-ethyl adjacent to an activating group) is 1. The highest BCUT2D eigenvalue weighted by Gasteiger charge is 2.11. The monoisotopic (exact) mass is 518 g/mol. The number of aliphatic imine (C=N–C) groups is 1. The van der Waals surface area contributed by atoms with E-state index in [1.807, 2.05) is 18.9 Å². The molecule has 29 heavy (non-hydrogen) atoms. The molecule has 0 bridgehead atoms. The maximum Gasteiger partial charge on any atom is 0.287 e. The number of hydrogen-bond donors (Lipinski definition) is 2. The first-order valence-electron chi connectivity index (χ1n) is 9.13. The fraction of sp³-hybridized carbons (Fsp3) is 0.400. The van der Waals surface area contributed by atoms with Crippen LogP contribution in [0, 0.1) is 12.7 Å². The highest BCUT2D eigenvalue weighted by molar-refractivity contribution is 14.0. The smallest absolute Gasteiger partial charge is 0.287 e. The fourth-order valence-electron chi connectivity index (χ4n) is 2.50. The molecule has 0 atom stereocenters. The maximum absolute atomic E-state index is 12.9. The molecule has 1 heterocycles. The average molecular weight is 518 g/mol. The minimum atomic E-state index is -0.287. The van der Waals surface area contributed by atoms with Crippen molar-refractivity contribution >= 4 is 35.8 Å². The number of carbonyl (C=O) groups is 1. The van der Waals surface area contributed by atoms with Crippen molar-refractivity contribution in [3.63, 3.8) is 0 Å². The zero-order valence-electron chi connectivity index (χ0n) is 16.9. The molecule has 7 nitrogen and oxygen atoms in total. The third-order valence-electron chi connectivity index (χ3n) is 4.07. The van der Waals surface area contributed by atoms with Crippen molar-refractivity contribution in [2.75, 3.05) is 40.3 Å². The number of aryl methyl sites for hydroxylation is 1. The van der Waals surface area contributed by atoms with Gasteiger partial charge in [0.1, 0.15) is 18.2 Å². The quantitative estimate of drug-likeness (QED) is 0.231. The van der Waals surface area contributed by atoms with Crippen molar-refractivity contribution in [3.05, 3.63) is 53.7 Å². The van der Waals surface area contributed by atoms with E-state index < -0.39 is 0 Å². The van der Waals surface area contributed by atoms with Gasteiger partial charge in [-0.25, -0.2) is 4.39 Å². The van der Waals surface area contributed by atoms with Gasteiger partial charge in [0.05, 0.1) is 12.8 Å². The Kier molecular flexibility index (Phi) is 11.1. The van der Waals surface area contributed by atoms with E-state index in [1.54, 1.807) is 25.2 Å². The molecule has 1 aromatic carbocycles. The van der Waals surface area contributed by atoms with Crippen LogP contribution in [-0.2, 0) is 0 Å². The number of furan rings is 1. The molecule has 0 aliphatic carbocycles. The summed E-state index contributed by atoms with van der Waals surface area (Å²) in [6, 6.07) is 7.69. The van der Waals surface area contributed by atoms with E-state index in [0.717, 1.165) is 17.9 Å². The van der Waals surface area contributed by atoms with Crippen LogP contribution in [0.4, 0.5) is 4.39 Å². The van der Waals surface area contributed by atoms with Gasteiger partial charge in [0, 0.05) is 32.7 Å². The number of halogens is 2. The first-order valence-corrected chi connectivity index (χ1v) is 9.13. The normalized spacial score (nSPS) is 10.8. The Morgan fingerprint density at radius 2 is 1.90 bits per heavy atom.